The van der Waals surface area contributed by atoms with Crippen molar-refractivity contribution < 1.29 is 8.42 Å². The van der Waals surface area contributed by atoms with Crippen LogP contribution in [0.1, 0.15) is 38.5 Å². The fraction of sp³-hybridized carbons (Fsp3) is 0.692. The molecule has 1 aliphatic heterocycles. The van der Waals surface area contributed by atoms with Gasteiger partial charge in [0.1, 0.15) is 4.90 Å². The van der Waals surface area contributed by atoms with Gasteiger partial charge in [-0.25, -0.2) is 8.42 Å². The van der Waals surface area contributed by atoms with E-state index in [1.807, 2.05) is 6.92 Å². The smallest absolute Gasteiger partial charge is 0.245 e. The first-order chi connectivity index (χ1) is 9.32. The van der Waals surface area contributed by atoms with Gasteiger partial charge in [-0.2, -0.15) is 4.31 Å². The Balaban J connectivity index is 2.23. The van der Waals surface area contributed by atoms with E-state index in [1.54, 1.807) is 10.4 Å². The third-order valence-electron chi connectivity index (χ3n) is 3.47. The van der Waals surface area contributed by atoms with E-state index >= 15 is 0 Å². The Kier molecular flexibility index (Phi) is 5.29. The fourth-order valence-electron chi connectivity index (χ4n) is 2.36. The van der Waals surface area contributed by atoms with Crippen molar-refractivity contribution >= 4 is 37.3 Å². The molecule has 0 saturated carbocycles. The highest BCUT2D eigenvalue weighted by Gasteiger charge is 2.34. The number of nitrogens with zero attached hydrogens (tertiary/aromatic N) is 1. The molecule has 1 aliphatic rings. The minimum Gasteiger partial charge on any atom is -0.310 e. The van der Waals surface area contributed by atoms with Crippen LogP contribution in [0.2, 0.25) is 0 Å². The van der Waals surface area contributed by atoms with Gasteiger partial charge in [0.25, 0.3) is 0 Å². The van der Waals surface area contributed by atoms with E-state index in [0.717, 1.165) is 17.7 Å². The summed E-state index contributed by atoms with van der Waals surface area (Å²) in [7, 11) is -3.37. The van der Waals surface area contributed by atoms with E-state index in [1.165, 1.54) is 11.3 Å². The van der Waals surface area contributed by atoms with Gasteiger partial charge in [-0.15, -0.1) is 11.3 Å². The molecule has 2 heterocycles. The summed E-state index contributed by atoms with van der Waals surface area (Å²) in [5.41, 5.74) is 0. The second-order valence-corrected chi connectivity index (χ2v) is 9.81. The normalized spacial score (nSPS) is 20.9. The third kappa shape index (κ3) is 3.44. The summed E-state index contributed by atoms with van der Waals surface area (Å²) in [6.45, 7) is 7.46. The lowest BCUT2D eigenvalue weighted by Gasteiger charge is -2.20. The molecule has 1 fully saturated rings. The molecule has 1 aromatic rings. The van der Waals surface area contributed by atoms with Gasteiger partial charge in [-0.1, -0.05) is 13.8 Å². The van der Waals surface area contributed by atoms with Crippen molar-refractivity contribution in [3.05, 3.63) is 14.7 Å². The van der Waals surface area contributed by atoms with Gasteiger partial charge >= 0.3 is 0 Å². The van der Waals surface area contributed by atoms with Crippen LogP contribution in [0.25, 0.3) is 0 Å². The first kappa shape index (κ1) is 16.4. The van der Waals surface area contributed by atoms with Crippen LogP contribution in [-0.4, -0.2) is 31.4 Å². The van der Waals surface area contributed by atoms with Crippen molar-refractivity contribution in [2.75, 3.05) is 6.54 Å². The standard InChI is InChI=1S/C13H21BrN2O2S2/c1-9(2)15-8-11-7-12(13(14)19-11)20(17,18)16-6-4-5-10(16)3/h7,9-10,15H,4-6,8H2,1-3H3. The van der Waals surface area contributed by atoms with Crippen LogP contribution < -0.4 is 5.32 Å². The van der Waals surface area contributed by atoms with E-state index in [4.69, 9.17) is 0 Å². The Hall–Kier alpha value is 0.0500. The molecule has 20 heavy (non-hydrogen) atoms. The summed E-state index contributed by atoms with van der Waals surface area (Å²) >= 11 is 4.90. The van der Waals surface area contributed by atoms with Crippen molar-refractivity contribution in [3.63, 3.8) is 0 Å². The predicted octanol–water partition coefficient (Wildman–Crippen LogP) is 3.18. The molecule has 1 atom stereocenters. The summed E-state index contributed by atoms with van der Waals surface area (Å²) < 4.78 is 27.7. The monoisotopic (exact) mass is 380 g/mol. The predicted molar refractivity (Wildman–Crippen MR) is 86.6 cm³/mol. The summed E-state index contributed by atoms with van der Waals surface area (Å²) in [5.74, 6) is 0. The maximum absolute atomic E-state index is 12.7. The van der Waals surface area contributed by atoms with E-state index in [0.29, 0.717) is 27.8 Å². The molecule has 0 aliphatic carbocycles. The first-order valence-corrected chi connectivity index (χ1v) is 9.90. The molecule has 7 heteroatoms. The maximum Gasteiger partial charge on any atom is 0.245 e. The number of sulfonamides is 1. The Morgan fingerprint density at radius 3 is 2.80 bits per heavy atom. The number of hydrogen-bond acceptors (Lipinski definition) is 4. The summed E-state index contributed by atoms with van der Waals surface area (Å²) in [6.07, 6.45) is 1.90. The third-order valence-corrected chi connectivity index (χ3v) is 7.74. The molecule has 1 N–H and O–H groups in total. The van der Waals surface area contributed by atoms with Crippen molar-refractivity contribution in [2.24, 2.45) is 0 Å². The Labute approximate surface area is 133 Å². The van der Waals surface area contributed by atoms with Crippen LogP contribution in [0.3, 0.4) is 0 Å². The molecule has 114 valence electrons. The molecule has 2 rings (SSSR count). The van der Waals surface area contributed by atoms with Crippen LogP contribution in [-0.2, 0) is 16.6 Å². The molecule has 4 nitrogen and oxygen atoms in total. The minimum absolute atomic E-state index is 0.101. The zero-order chi connectivity index (χ0) is 14.9. The summed E-state index contributed by atoms with van der Waals surface area (Å²) in [5, 5.41) is 3.31. The van der Waals surface area contributed by atoms with Crippen LogP contribution in [0.4, 0.5) is 0 Å². The lowest BCUT2D eigenvalue weighted by atomic mass is 10.3. The highest BCUT2D eigenvalue weighted by atomic mass is 79.9. The lowest BCUT2D eigenvalue weighted by Crippen LogP contribution is -2.33. The maximum atomic E-state index is 12.7. The molecule has 0 spiro atoms. The van der Waals surface area contributed by atoms with Gasteiger partial charge in [0.05, 0.1) is 3.79 Å². The topological polar surface area (TPSA) is 49.4 Å². The van der Waals surface area contributed by atoms with Gasteiger partial charge in [0, 0.05) is 30.1 Å². The molecule has 0 radical (unpaired) electrons. The molecule has 1 aromatic heterocycles. The largest absolute Gasteiger partial charge is 0.310 e. The highest BCUT2D eigenvalue weighted by molar-refractivity contribution is 9.11. The van der Waals surface area contributed by atoms with Crippen molar-refractivity contribution in [2.45, 2.75) is 57.1 Å². The van der Waals surface area contributed by atoms with Crippen molar-refractivity contribution in [1.29, 1.82) is 0 Å². The molecule has 0 aromatic carbocycles. The van der Waals surface area contributed by atoms with Gasteiger partial charge in [0.2, 0.25) is 10.0 Å². The fourth-order valence-corrected chi connectivity index (χ4v) is 6.64. The van der Waals surface area contributed by atoms with E-state index < -0.39 is 10.0 Å². The average Bonchev–Trinajstić information content (AvgIpc) is 2.93. The molecular weight excluding hydrogens is 360 g/mol. The SMILES string of the molecule is CC(C)NCc1cc(S(=O)(=O)N2CCCC2C)c(Br)s1. The molecule has 1 unspecified atom stereocenters. The van der Waals surface area contributed by atoms with Gasteiger partial charge in [-0.3, -0.25) is 0 Å². The number of halogens is 1. The van der Waals surface area contributed by atoms with E-state index in [2.05, 4.69) is 35.1 Å². The van der Waals surface area contributed by atoms with Gasteiger partial charge in [0.15, 0.2) is 0 Å². The zero-order valence-corrected chi connectivity index (χ0v) is 15.2. The second kappa shape index (κ2) is 6.44. The van der Waals surface area contributed by atoms with Gasteiger partial charge in [-0.05, 0) is 41.8 Å². The molecule has 0 bridgehead atoms. The number of hydrogen-bond donors (Lipinski definition) is 1. The Morgan fingerprint density at radius 2 is 2.25 bits per heavy atom. The van der Waals surface area contributed by atoms with Crippen molar-refractivity contribution in [3.8, 4) is 0 Å². The highest BCUT2D eigenvalue weighted by Crippen LogP contribution is 2.35. The zero-order valence-electron chi connectivity index (χ0n) is 12.0. The van der Waals surface area contributed by atoms with E-state index in [9.17, 15) is 8.42 Å². The van der Waals surface area contributed by atoms with Crippen LogP contribution in [0.15, 0.2) is 14.7 Å². The Bertz CT molecular complexity index is 569. The second-order valence-electron chi connectivity index (χ2n) is 5.49. The van der Waals surface area contributed by atoms with Crippen molar-refractivity contribution in [1.82, 2.24) is 9.62 Å². The van der Waals surface area contributed by atoms with Crippen LogP contribution in [0, 0.1) is 0 Å². The quantitative estimate of drug-likeness (QED) is 0.852. The molecule has 0 amide bonds. The van der Waals surface area contributed by atoms with Crippen LogP contribution >= 0.6 is 27.3 Å². The number of rotatable bonds is 5. The lowest BCUT2D eigenvalue weighted by molar-refractivity contribution is 0.408. The minimum atomic E-state index is -3.37. The Morgan fingerprint density at radius 1 is 1.55 bits per heavy atom. The molecular formula is C13H21BrN2O2S2. The summed E-state index contributed by atoms with van der Waals surface area (Å²) in [6, 6.07) is 2.28. The van der Waals surface area contributed by atoms with Gasteiger partial charge < -0.3 is 5.32 Å². The average molecular weight is 381 g/mol. The summed E-state index contributed by atoms with van der Waals surface area (Å²) in [4.78, 5) is 1.45. The first-order valence-electron chi connectivity index (χ1n) is 6.86. The van der Waals surface area contributed by atoms with Crippen LogP contribution in [0.5, 0.6) is 0 Å². The molecule has 1 saturated heterocycles. The number of nitrogens with one attached hydrogen (secondary N) is 1. The van der Waals surface area contributed by atoms with E-state index in [-0.39, 0.29) is 6.04 Å². The number of thiophene rings is 1.